The van der Waals surface area contributed by atoms with Crippen molar-refractivity contribution < 1.29 is 4.79 Å². The molecule has 0 spiro atoms. The maximum absolute atomic E-state index is 11.8. The van der Waals surface area contributed by atoms with Gasteiger partial charge in [-0.05, 0) is 49.7 Å². The van der Waals surface area contributed by atoms with Crippen molar-refractivity contribution in [3.8, 4) is 0 Å². The summed E-state index contributed by atoms with van der Waals surface area (Å²) in [4.78, 5) is 13.7. The van der Waals surface area contributed by atoms with Crippen LogP contribution >= 0.6 is 12.2 Å². The molecule has 3 rings (SSSR count). The molecule has 0 bridgehead atoms. The van der Waals surface area contributed by atoms with Crippen molar-refractivity contribution in [2.45, 2.75) is 44.6 Å². The highest BCUT2D eigenvalue weighted by atomic mass is 32.1. The maximum atomic E-state index is 11.8. The Bertz CT molecular complexity index is 540. The minimum Gasteiger partial charge on any atom is -0.360 e. The predicted octanol–water partition coefficient (Wildman–Crippen LogP) is 3.04. The third kappa shape index (κ3) is 3.53. The second kappa shape index (κ2) is 6.43. The lowest BCUT2D eigenvalue weighted by Gasteiger charge is -2.19. The lowest BCUT2D eigenvalue weighted by atomic mass is 10.2. The summed E-state index contributed by atoms with van der Waals surface area (Å²) in [7, 11) is 0. The first-order valence-corrected chi connectivity index (χ1v) is 8.11. The van der Waals surface area contributed by atoms with Gasteiger partial charge >= 0.3 is 0 Å². The predicted molar refractivity (Wildman–Crippen MR) is 89.6 cm³/mol. The largest absolute Gasteiger partial charge is 0.360 e. The maximum Gasteiger partial charge on any atom is 0.227 e. The van der Waals surface area contributed by atoms with E-state index >= 15 is 0 Å². The highest BCUT2D eigenvalue weighted by Gasteiger charge is 2.21. The average molecular weight is 303 g/mol. The molecule has 1 saturated heterocycles. The minimum absolute atomic E-state index is 0.207. The highest BCUT2D eigenvalue weighted by molar-refractivity contribution is 7.80. The number of carbonyl (C=O) groups excluding carboxylic acids is 1. The van der Waals surface area contributed by atoms with Gasteiger partial charge < -0.3 is 15.5 Å². The smallest absolute Gasteiger partial charge is 0.227 e. The van der Waals surface area contributed by atoms with E-state index in [4.69, 9.17) is 12.2 Å². The summed E-state index contributed by atoms with van der Waals surface area (Å²) in [6.45, 7) is 0.813. The second-order valence-corrected chi connectivity index (χ2v) is 6.19. The van der Waals surface area contributed by atoms with Gasteiger partial charge in [0.15, 0.2) is 5.11 Å². The van der Waals surface area contributed by atoms with Crippen LogP contribution in [0.4, 0.5) is 11.4 Å². The molecule has 1 saturated carbocycles. The average Bonchev–Trinajstić information content (AvgIpc) is 3.10. The molecule has 1 amide bonds. The van der Waals surface area contributed by atoms with Crippen molar-refractivity contribution in [2.75, 3.05) is 16.8 Å². The van der Waals surface area contributed by atoms with Gasteiger partial charge in [-0.2, -0.15) is 0 Å². The summed E-state index contributed by atoms with van der Waals surface area (Å²) in [5.74, 6) is 0.207. The first kappa shape index (κ1) is 14.3. The number of anilines is 2. The SMILES string of the molecule is O=C1CCCN1c1cccc(NC(=S)NC2CCCC2)c1. The van der Waals surface area contributed by atoms with E-state index in [-0.39, 0.29) is 5.91 Å². The summed E-state index contributed by atoms with van der Waals surface area (Å²) in [6, 6.07) is 8.41. The van der Waals surface area contributed by atoms with Crippen molar-refractivity contribution in [1.82, 2.24) is 5.32 Å². The number of thiocarbonyl (C=S) groups is 1. The highest BCUT2D eigenvalue weighted by Crippen LogP contribution is 2.24. The number of nitrogens with one attached hydrogen (secondary N) is 2. The van der Waals surface area contributed by atoms with Crippen molar-refractivity contribution in [3.05, 3.63) is 24.3 Å². The molecule has 0 radical (unpaired) electrons. The normalized spacial score (nSPS) is 19.0. The van der Waals surface area contributed by atoms with Crippen LogP contribution in [0.1, 0.15) is 38.5 Å². The van der Waals surface area contributed by atoms with Crippen LogP contribution in [-0.2, 0) is 4.79 Å². The molecule has 1 aromatic carbocycles. The number of rotatable bonds is 3. The Morgan fingerprint density at radius 2 is 2.05 bits per heavy atom. The number of benzene rings is 1. The second-order valence-electron chi connectivity index (χ2n) is 5.78. The number of hydrogen-bond donors (Lipinski definition) is 2. The number of amides is 1. The lowest BCUT2D eigenvalue weighted by molar-refractivity contribution is -0.117. The van der Waals surface area contributed by atoms with Gasteiger partial charge in [-0.1, -0.05) is 18.9 Å². The zero-order valence-electron chi connectivity index (χ0n) is 12.1. The number of carbonyl (C=O) groups is 1. The molecule has 4 nitrogen and oxygen atoms in total. The van der Waals surface area contributed by atoms with E-state index < -0.39 is 0 Å². The van der Waals surface area contributed by atoms with Crippen molar-refractivity contribution in [2.24, 2.45) is 0 Å². The van der Waals surface area contributed by atoms with Crippen LogP contribution in [0.5, 0.6) is 0 Å². The van der Waals surface area contributed by atoms with Crippen LogP contribution in [0.25, 0.3) is 0 Å². The van der Waals surface area contributed by atoms with Crippen molar-refractivity contribution >= 4 is 34.6 Å². The third-order valence-electron chi connectivity index (χ3n) is 4.18. The van der Waals surface area contributed by atoms with Crippen molar-refractivity contribution in [3.63, 3.8) is 0 Å². The molecule has 0 aromatic heterocycles. The molecule has 5 heteroatoms. The molecule has 0 unspecified atom stereocenters. The van der Waals surface area contributed by atoms with E-state index in [1.807, 2.05) is 29.2 Å². The number of nitrogens with zero attached hydrogens (tertiary/aromatic N) is 1. The van der Waals surface area contributed by atoms with Gasteiger partial charge in [-0.25, -0.2) is 0 Å². The molecule has 2 N–H and O–H groups in total. The van der Waals surface area contributed by atoms with Crippen LogP contribution in [0.3, 0.4) is 0 Å². The van der Waals surface area contributed by atoms with Gasteiger partial charge in [0.25, 0.3) is 0 Å². The van der Waals surface area contributed by atoms with Crippen molar-refractivity contribution in [1.29, 1.82) is 0 Å². The lowest BCUT2D eigenvalue weighted by Crippen LogP contribution is -2.36. The zero-order valence-corrected chi connectivity index (χ0v) is 12.9. The fourth-order valence-electron chi connectivity index (χ4n) is 3.10. The molecule has 1 aliphatic carbocycles. The Labute approximate surface area is 130 Å². The quantitative estimate of drug-likeness (QED) is 0.843. The Balaban J connectivity index is 1.62. The molecule has 2 fully saturated rings. The van der Waals surface area contributed by atoms with Crippen LogP contribution in [0.15, 0.2) is 24.3 Å². The monoisotopic (exact) mass is 303 g/mol. The minimum atomic E-state index is 0.207. The molecule has 1 heterocycles. The van der Waals surface area contributed by atoms with E-state index in [1.54, 1.807) is 0 Å². The van der Waals surface area contributed by atoms with E-state index in [2.05, 4.69) is 10.6 Å². The van der Waals surface area contributed by atoms with Crippen LogP contribution in [0.2, 0.25) is 0 Å². The van der Waals surface area contributed by atoms with Crippen LogP contribution < -0.4 is 15.5 Å². The fraction of sp³-hybridized carbons (Fsp3) is 0.500. The molecule has 1 aromatic rings. The fourth-order valence-corrected chi connectivity index (χ4v) is 3.38. The van der Waals surface area contributed by atoms with E-state index in [0.717, 1.165) is 24.3 Å². The molecule has 21 heavy (non-hydrogen) atoms. The molecule has 112 valence electrons. The van der Waals surface area contributed by atoms with Crippen LogP contribution in [-0.4, -0.2) is 23.6 Å². The topological polar surface area (TPSA) is 44.4 Å². The van der Waals surface area contributed by atoms with Gasteiger partial charge in [-0.3, -0.25) is 4.79 Å². The third-order valence-corrected chi connectivity index (χ3v) is 4.40. The molecule has 1 aliphatic heterocycles. The summed E-state index contributed by atoms with van der Waals surface area (Å²) in [5, 5.41) is 7.27. The van der Waals surface area contributed by atoms with E-state index in [0.29, 0.717) is 17.6 Å². The first-order chi connectivity index (χ1) is 10.2. The van der Waals surface area contributed by atoms with Gasteiger partial charge in [0.1, 0.15) is 0 Å². The molecular weight excluding hydrogens is 282 g/mol. The van der Waals surface area contributed by atoms with E-state index in [9.17, 15) is 4.79 Å². The van der Waals surface area contributed by atoms with Gasteiger partial charge in [0.2, 0.25) is 5.91 Å². The summed E-state index contributed by atoms with van der Waals surface area (Å²) >= 11 is 5.37. The Morgan fingerprint density at radius 1 is 1.24 bits per heavy atom. The zero-order chi connectivity index (χ0) is 14.7. The Morgan fingerprint density at radius 3 is 2.76 bits per heavy atom. The van der Waals surface area contributed by atoms with Gasteiger partial charge in [-0.15, -0.1) is 0 Å². The first-order valence-electron chi connectivity index (χ1n) is 7.70. The summed E-state index contributed by atoms with van der Waals surface area (Å²) in [6.07, 6.45) is 6.56. The van der Waals surface area contributed by atoms with Crippen LogP contribution in [0, 0.1) is 0 Å². The standard InChI is InChI=1S/C16H21N3OS/c20-15-9-4-10-19(15)14-8-3-7-13(11-14)18-16(21)17-12-5-1-2-6-12/h3,7-8,11-12H,1-2,4-6,9-10H2,(H2,17,18,21). The summed E-state index contributed by atoms with van der Waals surface area (Å²) < 4.78 is 0. The molecule has 0 atom stereocenters. The van der Waals surface area contributed by atoms with E-state index in [1.165, 1.54) is 25.7 Å². The Kier molecular flexibility index (Phi) is 4.39. The Hall–Kier alpha value is -1.62. The summed E-state index contributed by atoms with van der Waals surface area (Å²) in [5.41, 5.74) is 1.88. The number of hydrogen-bond acceptors (Lipinski definition) is 2. The molecular formula is C16H21N3OS. The molecule has 2 aliphatic rings. The van der Waals surface area contributed by atoms with Gasteiger partial charge in [0, 0.05) is 30.4 Å². The van der Waals surface area contributed by atoms with Gasteiger partial charge in [0.05, 0.1) is 0 Å².